The quantitative estimate of drug-likeness (QED) is 0.742. The van der Waals surface area contributed by atoms with Gasteiger partial charge in [0.05, 0.1) is 0 Å². The van der Waals surface area contributed by atoms with Crippen molar-refractivity contribution >= 4 is 17.2 Å². The van der Waals surface area contributed by atoms with Crippen LogP contribution in [-0.4, -0.2) is 10.1 Å². The van der Waals surface area contributed by atoms with Crippen molar-refractivity contribution in [2.75, 3.05) is 0 Å². The average molecular weight is 297 g/mol. The maximum absolute atomic E-state index is 13.5. The molecule has 2 aromatic carbocycles. The Morgan fingerprint density at radius 3 is 2.82 bits per heavy atom. The molecular weight excluding hydrogens is 281 g/mol. The Labute approximate surface area is 127 Å². The molecule has 0 aliphatic rings. The number of aryl methyl sites for hydroxylation is 1. The molecular formula is C18H16FNO2. The first kappa shape index (κ1) is 14.3. The highest BCUT2D eigenvalue weighted by Crippen LogP contribution is 2.30. The van der Waals surface area contributed by atoms with Gasteiger partial charge in [0, 0.05) is 11.1 Å². The molecule has 3 nitrogen and oxygen atoms in total. The molecule has 0 atom stereocenters. The monoisotopic (exact) mass is 297 g/mol. The van der Waals surface area contributed by atoms with Crippen molar-refractivity contribution in [3.05, 3.63) is 53.9 Å². The summed E-state index contributed by atoms with van der Waals surface area (Å²) >= 11 is 0. The highest BCUT2D eigenvalue weighted by molar-refractivity contribution is 5.85. The van der Waals surface area contributed by atoms with Crippen molar-refractivity contribution in [3.8, 4) is 17.2 Å². The van der Waals surface area contributed by atoms with Gasteiger partial charge in [0.1, 0.15) is 5.52 Å². The summed E-state index contributed by atoms with van der Waals surface area (Å²) in [5.74, 6) is -0.766. The minimum Gasteiger partial charge on any atom is -0.505 e. The molecule has 1 N–H and O–H groups in total. The number of phenols is 1. The van der Waals surface area contributed by atoms with E-state index in [0.29, 0.717) is 17.0 Å². The highest BCUT2D eigenvalue weighted by atomic mass is 19.1. The maximum atomic E-state index is 13.5. The number of oxazole rings is 1. The predicted octanol–water partition coefficient (Wildman–Crippen LogP) is 4.94. The molecule has 0 saturated carbocycles. The van der Waals surface area contributed by atoms with E-state index >= 15 is 0 Å². The minimum absolute atomic E-state index is 0.325. The number of rotatable bonds is 4. The lowest BCUT2D eigenvalue weighted by Crippen LogP contribution is -1.85. The fourth-order valence-electron chi connectivity index (χ4n) is 2.47. The maximum Gasteiger partial charge on any atom is 0.227 e. The summed E-state index contributed by atoms with van der Waals surface area (Å²) in [6.07, 6.45) is 3.72. The molecule has 22 heavy (non-hydrogen) atoms. The second-order valence-corrected chi connectivity index (χ2v) is 5.17. The molecule has 0 fully saturated rings. The lowest BCUT2D eigenvalue weighted by molar-refractivity contribution is 0.432. The second kappa shape index (κ2) is 5.64. The van der Waals surface area contributed by atoms with Crippen molar-refractivity contribution < 1.29 is 13.9 Å². The van der Waals surface area contributed by atoms with Crippen molar-refractivity contribution in [3.63, 3.8) is 0 Å². The zero-order valence-corrected chi connectivity index (χ0v) is 12.3. The number of hydrogen-bond donors (Lipinski definition) is 1. The second-order valence-electron chi connectivity index (χ2n) is 5.17. The van der Waals surface area contributed by atoms with Gasteiger partial charge in [-0.05, 0) is 42.3 Å². The van der Waals surface area contributed by atoms with Gasteiger partial charge in [-0.1, -0.05) is 26.0 Å². The smallest absolute Gasteiger partial charge is 0.227 e. The van der Waals surface area contributed by atoms with Crippen molar-refractivity contribution in [1.82, 2.24) is 4.98 Å². The standard InChI is InChI=1S/C18H16FNO2/c1-3-5-11-8-12(4-2)17-15(9-11)20-18(22-17)13-6-7-16(21)14(19)10-13/h4,6-10,21H,2-3,5H2,1H3. The molecule has 3 aromatic rings. The molecule has 0 aliphatic heterocycles. The number of fused-ring (bicyclic) bond motifs is 1. The number of aromatic nitrogens is 1. The Morgan fingerprint density at radius 2 is 2.14 bits per heavy atom. The largest absolute Gasteiger partial charge is 0.505 e. The van der Waals surface area contributed by atoms with Crippen LogP contribution in [0.5, 0.6) is 5.75 Å². The van der Waals surface area contributed by atoms with Gasteiger partial charge in [-0.2, -0.15) is 0 Å². The van der Waals surface area contributed by atoms with Gasteiger partial charge in [-0.25, -0.2) is 9.37 Å². The first-order valence-electron chi connectivity index (χ1n) is 7.17. The van der Waals surface area contributed by atoms with Gasteiger partial charge in [0.2, 0.25) is 5.89 Å². The molecule has 0 unspecified atom stereocenters. The van der Waals surface area contributed by atoms with Crippen LogP contribution in [0.3, 0.4) is 0 Å². The summed E-state index contributed by atoms with van der Waals surface area (Å²) in [5, 5.41) is 9.27. The average Bonchev–Trinajstić information content (AvgIpc) is 2.93. The van der Waals surface area contributed by atoms with Crippen molar-refractivity contribution in [1.29, 1.82) is 0 Å². The summed E-state index contributed by atoms with van der Waals surface area (Å²) in [4.78, 5) is 4.44. The van der Waals surface area contributed by atoms with Gasteiger partial charge < -0.3 is 9.52 Å². The van der Waals surface area contributed by atoms with Crippen LogP contribution < -0.4 is 0 Å². The third-order valence-corrected chi connectivity index (χ3v) is 3.53. The Hall–Kier alpha value is -2.62. The molecule has 0 amide bonds. The van der Waals surface area contributed by atoms with Crippen LogP contribution in [0, 0.1) is 5.82 Å². The van der Waals surface area contributed by atoms with E-state index in [1.165, 1.54) is 17.7 Å². The van der Waals surface area contributed by atoms with Crippen molar-refractivity contribution in [2.24, 2.45) is 0 Å². The van der Waals surface area contributed by atoms with E-state index < -0.39 is 11.6 Å². The number of phenolic OH excluding ortho intramolecular Hbond substituents is 1. The third-order valence-electron chi connectivity index (χ3n) is 3.53. The van der Waals surface area contributed by atoms with E-state index in [1.54, 1.807) is 12.1 Å². The summed E-state index contributed by atoms with van der Waals surface area (Å²) in [5.41, 5.74) is 3.89. The van der Waals surface area contributed by atoms with Gasteiger partial charge in [-0.3, -0.25) is 0 Å². The first-order valence-corrected chi connectivity index (χ1v) is 7.17. The zero-order valence-electron chi connectivity index (χ0n) is 12.3. The van der Waals surface area contributed by atoms with E-state index in [1.807, 2.05) is 12.1 Å². The lowest BCUT2D eigenvalue weighted by Gasteiger charge is -2.01. The normalized spacial score (nSPS) is 11.0. The fraction of sp³-hybridized carbons (Fsp3) is 0.167. The number of halogens is 1. The molecule has 4 heteroatoms. The Balaban J connectivity index is 2.15. The molecule has 1 aromatic heterocycles. The Kier molecular flexibility index (Phi) is 3.67. The summed E-state index contributed by atoms with van der Waals surface area (Å²) < 4.78 is 19.3. The van der Waals surface area contributed by atoms with E-state index in [2.05, 4.69) is 18.5 Å². The van der Waals surface area contributed by atoms with E-state index in [-0.39, 0.29) is 0 Å². The Bertz CT molecular complexity index is 852. The van der Waals surface area contributed by atoms with Crippen LogP contribution in [0.1, 0.15) is 24.5 Å². The summed E-state index contributed by atoms with van der Waals surface area (Å²) in [6.45, 7) is 5.93. The number of hydrogen-bond acceptors (Lipinski definition) is 3. The van der Waals surface area contributed by atoms with E-state index in [0.717, 1.165) is 23.9 Å². The highest BCUT2D eigenvalue weighted by Gasteiger charge is 2.13. The van der Waals surface area contributed by atoms with E-state index in [9.17, 15) is 9.50 Å². The first-order chi connectivity index (χ1) is 10.6. The van der Waals surface area contributed by atoms with Crippen LogP contribution in [-0.2, 0) is 6.42 Å². The lowest BCUT2D eigenvalue weighted by atomic mass is 10.1. The van der Waals surface area contributed by atoms with Crippen LogP contribution in [0.2, 0.25) is 0 Å². The van der Waals surface area contributed by atoms with Crippen LogP contribution in [0.25, 0.3) is 28.6 Å². The minimum atomic E-state index is -0.699. The van der Waals surface area contributed by atoms with Gasteiger partial charge in [0.25, 0.3) is 0 Å². The summed E-state index contributed by atoms with van der Waals surface area (Å²) in [6, 6.07) is 8.08. The topological polar surface area (TPSA) is 46.3 Å². The Morgan fingerprint density at radius 1 is 1.32 bits per heavy atom. The van der Waals surface area contributed by atoms with Gasteiger partial charge >= 0.3 is 0 Å². The fourth-order valence-corrected chi connectivity index (χ4v) is 2.47. The third kappa shape index (κ3) is 2.48. The van der Waals surface area contributed by atoms with Crippen molar-refractivity contribution in [2.45, 2.75) is 19.8 Å². The molecule has 112 valence electrons. The molecule has 0 spiro atoms. The molecule has 3 rings (SSSR count). The summed E-state index contributed by atoms with van der Waals surface area (Å²) in [7, 11) is 0. The van der Waals surface area contributed by atoms with Gasteiger partial charge in [-0.15, -0.1) is 0 Å². The molecule has 0 saturated heterocycles. The number of nitrogens with zero attached hydrogens (tertiary/aromatic N) is 1. The van der Waals surface area contributed by atoms with Crippen LogP contribution >= 0.6 is 0 Å². The zero-order chi connectivity index (χ0) is 15.7. The molecule has 0 radical (unpaired) electrons. The van der Waals surface area contributed by atoms with Crippen LogP contribution in [0.4, 0.5) is 4.39 Å². The predicted molar refractivity (Wildman–Crippen MR) is 85.2 cm³/mol. The number of benzene rings is 2. The number of aromatic hydroxyl groups is 1. The molecule has 0 bridgehead atoms. The van der Waals surface area contributed by atoms with Gasteiger partial charge in [0.15, 0.2) is 17.1 Å². The SMILES string of the molecule is C=Cc1cc(CCC)cc2nc(-c3ccc(O)c(F)c3)oc12. The van der Waals surface area contributed by atoms with E-state index in [4.69, 9.17) is 4.42 Å². The molecule has 0 aliphatic carbocycles. The molecule has 1 heterocycles. The van der Waals surface area contributed by atoms with Crippen LogP contribution in [0.15, 0.2) is 41.3 Å².